The van der Waals surface area contributed by atoms with Crippen LogP contribution in [0.2, 0.25) is 0 Å². The van der Waals surface area contributed by atoms with Crippen molar-refractivity contribution in [3.8, 4) is 0 Å². The van der Waals surface area contributed by atoms with Gasteiger partial charge in [-0.15, -0.1) is 0 Å². The van der Waals surface area contributed by atoms with E-state index < -0.39 is 0 Å². The van der Waals surface area contributed by atoms with E-state index in [-0.39, 0.29) is 0 Å². The largest absolute Gasteiger partial charge is 0.382 e. The maximum atomic E-state index is 5.03. The third-order valence-corrected chi connectivity index (χ3v) is 1.06. The van der Waals surface area contributed by atoms with Crippen LogP contribution in [0, 0.1) is 0 Å². The summed E-state index contributed by atoms with van der Waals surface area (Å²) in [7, 11) is 1.64. The summed E-state index contributed by atoms with van der Waals surface area (Å²) in [4.78, 5) is 0. The molecule has 0 aliphatic carbocycles. The molecule has 0 fully saturated rings. The molecule has 0 radical (unpaired) electrons. The molecule has 0 aromatic rings. The Hall–Kier alpha value is 0.360. The fraction of sp³-hybridized carbons (Fsp3) is 1.00. The summed E-state index contributed by atoms with van der Waals surface area (Å²) in [6, 6.07) is 0. The van der Waals surface area contributed by atoms with Gasteiger partial charge in [0.05, 0.1) is 42.7 Å². The zero-order valence-corrected chi connectivity index (χ0v) is 7.02. The minimum absolute atomic E-state index is 0.573. The molecule has 4 heteroatoms. The Morgan fingerprint density at radius 3 is 2.33 bits per heavy atom. The molecule has 0 aromatic heterocycles. The van der Waals surface area contributed by atoms with Gasteiger partial charge in [0.25, 0.3) is 0 Å². The van der Waals surface area contributed by atoms with E-state index >= 15 is 0 Å². The van der Waals surface area contributed by atoms with E-state index in [2.05, 4.69) is 20.1 Å². The third kappa shape index (κ3) is 8.36. The molecule has 0 saturated carbocycles. The Balaban J connectivity index is 2.60. The van der Waals surface area contributed by atoms with Crippen molar-refractivity contribution in [3.63, 3.8) is 0 Å². The van der Waals surface area contributed by atoms with Crippen LogP contribution in [-0.4, -0.2) is 33.5 Å². The van der Waals surface area contributed by atoms with Crippen molar-refractivity contribution in [2.24, 2.45) is 0 Å². The number of methoxy groups -OCH3 is 1. The van der Waals surface area contributed by atoms with E-state index in [0.717, 1.165) is 0 Å². The molecule has 0 aromatic carbocycles. The van der Waals surface area contributed by atoms with Crippen LogP contribution in [0.1, 0.15) is 0 Å². The van der Waals surface area contributed by atoms with E-state index in [9.17, 15) is 0 Å². The Bertz CT molecular complexity index is 45.5. The van der Waals surface area contributed by atoms with Gasteiger partial charge in [-0.25, -0.2) is 0 Å². The van der Waals surface area contributed by atoms with Gasteiger partial charge >= 0.3 is 0 Å². The monoisotopic (exact) mass is 198 g/mol. The highest BCUT2D eigenvalue weighted by Crippen LogP contribution is 1.83. The second kappa shape index (κ2) is 8.36. The fourth-order valence-electron chi connectivity index (χ4n) is 0.335. The summed E-state index contributed by atoms with van der Waals surface area (Å²) in [5.41, 5.74) is 0. The number of ether oxygens (including phenoxy) is 2. The quantitative estimate of drug-likeness (QED) is 0.596. The zero-order chi connectivity index (χ0) is 6.95. The number of halogens is 1. The predicted molar refractivity (Wildman–Crippen MR) is 37.6 cm³/mol. The predicted octanol–water partition coefficient (Wildman–Crippen LogP) is 0.976. The summed E-state index contributed by atoms with van der Waals surface area (Å²) < 4.78 is 14.3. The van der Waals surface area contributed by atoms with Crippen LogP contribution in [0.15, 0.2) is 0 Å². The molecule has 0 aliphatic rings. The normalized spacial score (nSPS) is 10.0. The highest BCUT2D eigenvalue weighted by Gasteiger charge is 1.85. The minimum Gasteiger partial charge on any atom is -0.382 e. The molecule has 0 saturated heterocycles. The first kappa shape index (κ1) is 9.36. The summed E-state index contributed by atoms with van der Waals surface area (Å²) in [5, 5.41) is 0. The van der Waals surface area contributed by atoms with Gasteiger partial charge in [0.1, 0.15) is 0 Å². The molecular weight excluding hydrogens is 188 g/mol. The molecule has 56 valence electrons. The standard InChI is InChI=1S/C5H11BrO3/c1-7-2-3-8-4-5-9-6/h2-5H2,1H3. The first-order valence-corrected chi connectivity index (χ1v) is 3.36. The van der Waals surface area contributed by atoms with E-state index in [1.54, 1.807) is 7.11 Å². The van der Waals surface area contributed by atoms with Gasteiger partial charge in [-0.3, -0.25) is 0 Å². The smallest absolute Gasteiger partial charge is 0.0988 e. The molecule has 0 atom stereocenters. The lowest BCUT2D eigenvalue weighted by atomic mass is 10.7. The maximum Gasteiger partial charge on any atom is 0.0988 e. The molecule has 0 heterocycles. The molecule has 3 nitrogen and oxygen atoms in total. The van der Waals surface area contributed by atoms with Crippen LogP contribution in [-0.2, 0) is 13.3 Å². The van der Waals surface area contributed by atoms with Crippen LogP contribution in [0.5, 0.6) is 0 Å². The lowest BCUT2D eigenvalue weighted by Gasteiger charge is -1.99. The first-order chi connectivity index (χ1) is 4.41. The number of rotatable bonds is 6. The van der Waals surface area contributed by atoms with Crippen molar-refractivity contribution in [1.82, 2.24) is 0 Å². The van der Waals surface area contributed by atoms with Crippen LogP contribution in [0.4, 0.5) is 0 Å². The topological polar surface area (TPSA) is 27.7 Å². The third-order valence-electron chi connectivity index (χ3n) is 0.737. The molecule has 0 spiro atoms. The average Bonchev–Trinajstić information content (AvgIpc) is 1.89. The summed E-state index contributed by atoms with van der Waals surface area (Å²) in [6.45, 7) is 2.45. The van der Waals surface area contributed by atoms with Crippen LogP contribution < -0.4 is 0 Å². The zero-order valence-electron chi connectivity index (χ0n) is 5.43. The lowest BCUT2D eigenvalue weighted by Crippen LogP contribution is -2.05. The Kier molecular flexibility index (Phi) is 8.69. The van der Waals surface area contributed by atoms with Crippen molar-refractivity contribution in [1.29, 1.82) is 0 Å². The molecular formula is C5H11BrO3. The van der Waals surface area contributed by atoms with Crippen LogP contribution in [0.3, 0.4) is 0 Å². The molecule has 0 amide bonds. The highest BCUT2D eigenvalue weighted by molar-refractivity contribution is 9.06. The second-order valence-electron chi connectivity index (χ2n) is 1.42. The van der Waals surface area contributed by atoms with Gasteiger partial charge in [0.2, 0.25) is 0 Å². The van der Waals surface area contributed by atoms with Gasteiger partial charge in [0, 0.05) is 7.11 Å². The van der Waals surface area contributed by atoms with Crippen LogP contribution >= 0.6 is 16.3 Å². The van der Waals surface area contributed by atoms with Gasteiger partial charge in [-0.05, 0) is 0 Å². The number of hydrogen-bond acceptors (Lipinski definition) is 3. The molecule has 0 rings (SSSR count). The number of hydrogen-bond donors (Lipinski definition) is 0. The van der Waals surface area contributed by atoms with E-state index in [1.165, 1.54) is 0 Å². The van der Waals surface area contributed by atoms with Crippen molar-refractivity contribution in [2.75, 3.05) is 33.5 Å². The highest BCUT2D eigenvalue weighted by atomic mass is 79.9. The van der Waals surface area contributed by atoms with Crippen molar-refractivity contribution in [3.05, 3.63) is 0 Å². The summed E-state index contributed by atoms with van der Waals surface area (Å²) in [5.74, 6) is 0. The van der Waals surface area contributed by atoms with Crippen molar-refractivity contribution >= 4 is 16.3 Å². The lowest BCUT2D eigenvalue weighted by molar-refractivity contribution is 0.0589. The SMILES string of the molecule is COCCOCCOBr. The molecule has 0 N–H and O–H groups in total. The van der Waals surface area contributed by atoms with E-state index in [0.29, 0.717) is 26.4 Å². The average molecular weight is 199 g/mol. The Labute approximate surface area is 63.7 Å². The fourth-order valence-corrected chi connectivity index (χ4v) is 0.467. The molecule has 0 unspecified atom stereocenters. The van der Waals surface area contributed by atoms with Crippen molar-refractivity contribution < 1.29 is 13.3 Å². The molecule has 9 heavy (non-hydrogen) atoms. The van der Waals surface area contributed by atoms with Crippen molar-refractivity contribution in [2.45, 2.75) is 0 Å². The first-order valence-electron chi connectivity index (χ1n) is 2.72. The van der Waals surface area contributed by atoms with Gasteiger partial charge in [-0.1, -0.05) is 0 Å². The van der Waals surface area contributed by atoms with Gasteiger partial charge in [-0.2, -0.15) is 0 Å². The van der Waals surface area contributed by atoms with Gasteiger partial charge in [0.15, 0.2) is 0 Å². The van der Waals surface area contributed by atoms with Gasteiger partial charge < -0.3 is 13.3 Å². The Morgan fingerprint density at radius 1 is 1.11 bits per heavy atom. The molecule has 0 bridgehead atoms. The molecule has 0 aliphatic heterocycles. The minimum atomic E-state index is 0.573. The Morgan fingerprint density at radius 2 is 1.78 bits per heavy atom. The van der Waals surface area contributed by atoms with E-state index in [4.69, 9.17) is 9.47 Å². The summed E-state index contributed by atoms with van der Waals surface area (Å²) in [6.07, 6.45) is 0. The summed E-state index contributed by atoms with van der Waals surface area (Å²) >= 11 is 2.81. The van der Waals surface area contributed by atoms with E-state index in [1.807, 2.05) is 0 Å². The maximum absolute atomic E-state index is 5.03. The second-order valence-corrected chi connectivity index (χ2v) is 1.88. The van der Waals surface area contributed by atoms with Crippen LogP contribution in [0.25, 0.3) is 0 Å².